The molecule has 1 saturated heterocycles. The molecule has 2 atom stereocenters. The second-order valence-electron chi connectivity index (χ2n) is 6.10. The lowest BCUT2D eigenvalue weighted by Crippen LogP contribution is -2.28. The van der Waals surface area contributed by atoms with E-state index >= 15 is 0 Å². The number of halogens is 1. The van der Waals surface area contributed by atoms with Crippen LogP contribution in [-0.2, 0) is 16.0 Å². The molecule has 2 amide bonds. The van der Waals surface area contributed by atoms with E-state index in [9.17, 15) is 9.59 Å². The van der Waals surface area contributed by atoms with Crippen molar-refractivity contribution in [2.45, 2.75) is 25.3 Å². The summed E-state index contributed by atoms with van der Waals surface area (Å²) in [5.41, 5.74) is 2.72. The first kappa shape index (κ1) is 17.3. The molecule has 0 radical (unpaired) electrons. The molecule has 1 heterocycles. The van der Waals surface area contributed by atoms with Crippen LogP contribution in [0.1, 0.15) is 24.0 Å². The summed E-state index contributed by atoms with van der Waals surface area (Å²) in [4.78, 5) is 23.4. The molecule has 1 aliphatic rings. The normalized spacial score (nSPS) is 17.5. The highest BCUT2D eigenvalue weighted by atomic mass is 35.5. The highest BCUT2D eigenvalue weighted by Gasteiger charge is 2.22. The number of nitrogens with one attached hydrogen (secondary N) is 2. The molecule has 5 nitrogen and oxygen atoms in total. The van der Waals surface area contributed by atoms with Gasteiger partial charge in [-0.1, -0.05) is 35.9 Å². The van der Waals surface area contributed by atoms with Gasteiger partial charge in [-0.15, -0.1) is 0 Å². The van der Waals surface area contributed by atoms with E-state index in [1.165, 1.54) is 0 Å². The summed E-state index contributed by atoms with van der Waals surface area (Å²) in [5, 5.41) is 6.31. The number of cyclic esters (lactones) is 1. The van der Waals surface area contributed by atoms with Crippen molar-refractivity contribution in [3.8, 4) is 0 Å². The van der Waals surface area contributed by atoms with Crippen LogP contribution >= 0.6 is 11.6 Å². The van der Waals surface area contributed by atoms with Gasteiger partial charge < -0.3 is 15.4 Å². The fraction of sp³-hybridized carbons (Fsp3) is 0.263. The van der Waals surface area contributed by atoms with Gasteiger partial charge in [0.05, 0.1) is 12.0 Å². The molecule has 130 valence electrons. The number of carbonyl (C=O) groups is 2. The average molecular weight is 359 g/mol. The van der Waals surface area contributed by atoms with Gasteiger partial charge in [0.25, 0.3) is 0 Å². The standard InChI is InChI=1S/C19H19ClN2O3/c1-12(14-4-6-15(20)7-5-14)18(23)21-16-8-2-13(3-9-16)10-17-11-25-19(24)22-17/h2-9,12,17H,10-11H2,1H3,(H,21,23)(H,22,24)/t12?,17-/m0/s1. The minimum atomic E-state index is -0.370. The summed E-state index contributed by atoms with van der Waals surface area (Å²) in [7, 11) is 0. The Morgan fingerprint density at radius 1 is 1.24 bits per heavy atom. The number of carbonyl (C=O) groups excluding carboxylic acids is 2. The maximum absolute atomic E-state index is 12.4. The van der Waals surface area contributed by atoms with E-state index in [4.69, 9.17) is 16.3 Å². The zero-order chi connectivity index (χ0) is 17.8. The second-order valence-corrected chi connectivity index (χ2v) is 6.54. The summed E-state index contributed by atoms with van der Waals surface area (Å²) in [5.74, 6) is -0.352. The first-order valence-corrected chi connectivity index (χ1v) is 8.47. The van der Waals surface area contributed by atoms with Crippen molar-refractivity contribution >= 4 is 29.3 Å². The highest BCUT2D eigenvalue weighted by molar-refractivity contribution is 6.30. The van der Waals surface area contributed by atoms with Gasteiger partial charge in [0.15, 0.2) is 0 Å². The lowest BCUT2D eigenvalue weighted by molar-refractivity contribution is -0.117. The van der Waals surface area contributed by atoms with Crippen LogP contribution in [0.3, 0.4) is 0 Å². The quantitative estimate of drug-likeness (QED) is 0.855. The number of ether oxygens (including phenoxy) is 1. The van der Waals surface area contributed by atoms with Crippen LogP contribution in [0.15, 0.2) is 48.5 Å². The van der Waals surface area contributed by atoms with Gasteiger partial charge >= 0.3 is 6.09 Å². The Kier molecular flexibility index (Phi) is 5.24. The largest absolute Gasteiger partial charge is 0.447 e. The van der Waals surface area contributed by atoms with Crippen LogP contribution in [-0.4, -0.2) is 24.6 Å². The Labute approximate surface area is 151 Å². The Morgan fingerprint density at radius 2 is 1.92 bits per heavy atom. The van der Waals surface area contributed by atoms with Crippen molar-refractivity contribution in [2.24, 2.45) is 0 Å². The molecule has 0 aliphatic carbocycles. The molecule has 0 spiro atoms. The molecular weight excluding hydrogens is 340 g/mol. The SMILES string of the molecule is CC(C(=O)Nc1ccc(C[C@H]2COC(=O)N2)cc1)c1ccc(Cl)cc1. The average Bonchev–Trinajstić information content (AvgIpc) is 3.01. The van der Waals surface area contributed by atoms with Crippen molar-refractivity contribution in [1.82, 2.24) is 5.32 Å². The van der Waals surface area contributed by atoms with Gasteiger partial charge in [0, 0.05) is 10.7 Å². The van der Waals surface area contributed by atoms with Gasteiger partial charge in [-0.05, 0) is 48.7 Å². The zero-order valence-corrected chi connectivity index (χ0v) is 14.5. The second kappa shape index (κ2) is 7.57. The molecule has 2 aromatic rings. The molecule has 1 unspecified atom stereocenters. The summed E-state index contributed by atoms with van der Waals surface area (Å²) >= 11 is 5.88. The number of hydrogen-bond acceptors (Lipinski definition) is 3. The van der Waals surface area contributed by atoms with E-state index in [-0.39, 0.29) is 24.0 Å². The molecule has 2 aromatic carbocycles. The van der Waals surface area contributed by atoms with Crippen LogP contribution in [0.25, 0.3) is 0 Å². The summed E-state index contributed by atoms with van der Waals surface area (Å²) in [6.45, 7) is 2.24. The van der Waals surface area contributed by atoms with Crippen LogP contribution < -0.4 is 10.6 Å². The van der Waals surface area contributed by atoms with Crippen LogP contribution in [0.5, 0.6) is 0 Å². The number of alkyl carbamates (subject to hydrolysis) is 1. The maximum atomic E-state index is 12.4. The topological polar surface area (TPSA) is 67.4 Å². The fourth-order valence-corrected chi connectivity index (χ4v) is 2.82. The predicted octanol–water partition coefficient (Wildman–Crippen LogP) is 3.73. The summed E-state index contributed by atoms with van der Waals surface area (Å²) < 4.78 is 4.87. The van der Waals surface area contributed by atoms with Crippen molar-refractivity contribution in [1.29, 1.82) is 0 Å². The summed E-state index contributed by atoms with van der Waals surface area (Å²) in [6, 6.07) is 14.9. The molecule has 3 rings (SSSR count). The number of rotatable bonds is 5. The third kappa shape index (κ3) is 4.51. The Morgan fingerprint density at radius 3 is 2.52 bits per heavy atom. The first-order valence-electron chi connectivity index (χ1n) is 8.10. The monoisotopic (exact) mass is 358 g/mol. The van der Waals surface area contributed by atoms with Crippen LogP contribution in [0.2, 0.25) is 5.02 Å². The molecule has 0 aromatic heterocycles. The fourth-order valence-electron chi connectivity index (χ4n) is 2.70. The Bertz CT molecular complexity index is 759. The molecule has 1 aliphatic heterocycles. The van der Waals surface area contributed by atoms with Gasteiger partial charge in [0.2, 0.25) is 5.91 Å². The number of anilines is 1. The van der Waals surface area contributed by atoms with E-state index in [0.29, 0.717) is 18.1 Å². The predicted molar refractivity (Wildman–Crippen MR) is 96.9 cm³/mol. The lowest BCUT2D eigenvalue weighted by Gasteiger charge is -2.13. The van der Waals surface area contributed by atoms with Gasteiger partial charge in [-0.3, -0.25) is 4.79 Å². The minimum absolute atomic E-state index is 0.00197. The third-order valence-electron chi connectivity index (χ3n) is 4.20. The molecule has 2 N–H and O–H groups in total. The maximum Gasteiger partial charge on any atom is 0.407 e. The van der Waals surface area contributed by atoms with Gasteiger partial charge in [-0.2, -0.15) is 0 Å². The van der Waals surface area contributed by atoms with Gasteiger partial charge in [-0.25, -0.2) is 4.79 Å². The molecule has 25 heavy (non-hydrogen) atoms. The number of hydrogen-bond donors (Lipinski definition) is 2. The van der Waals surface area contributed by atoms with Crippen molar-refractivity contribution in [3.63, 3.8) is 0 Å². The highest BCUT2D eigenvalue weighted by Crippen LogP contribution is 2.20. The van der Waals surface area contributed by atoms with Crippen LogP contribution in [0.4, 0.5) is 10.5 Å². The molecular formula is C19H19ClN2O3. The Balaban J connectivity index is 1.58. The van der Waals surface area contributed by atoms with E-state index in [2.05, 4.69) is 10.6 Å². The van der Waals surface area contributed by atoms with Crippen molar-refractivity contribution < 1.29 is 14.3 Å². The number of amides is 2. The minimum Gasteiger partial charge on any atom is -0.447 e. The van der Waals surface area contributed by atoms with Crippen LogP contribution in [0, 0.1) is 0 Å². The van der Waals surface area contributed by atoms with E-state index in [1.54, 1.807) is 12.1 Å². The van der Waals surface area contributed by atoms with Crippen molar-refractivity contribution in [2.75, 3.05) is 11.9 Å². The van der Waals surface area contributed by atoms with E-state index in [0.717, 1.165) is 16.8 Å². The number of benzene rings is 2. The van der Waals surface area contributed by atoms with E-state index < -0.39 is 0 Å². The smallest absolute Gasteiger partial charge is 0.407 e. The summed E-state index contributed by atoms with van der Waals surface area (Å²) in [6.07, 6.45) is 0.325. The lowest BCUT2D eigenvalue weighted by atomic mass is 10.0. The third-order valence-corrected chi connectivity index (χ3v) is 4.46. The molecule has 0 bridgehead atoms. The Hall–Kier alpha value is -2.53. The molecule has 0 saturated carbocycles. The van der Waals surface area contributed by atoms with E-state index in [1.807, 2.05) is 43.3 Å². The molecule has 6 heteroatoms. The van der Waals surface area contributed by atoms with Gasteiger partial charge in [0.1, 0.15) is 6.61 Å². The zero-order valence-electron chi connectivity index (χ0n) is 13.8. The van der Waals surface area contributed by atoms with Crippen molar-refractivity contribution in [3.05, 3.63) is 64.7 Å². The molecule has 1 fully saturated rings. The first-order chi connectivity index (χ1) is 12.0.